The van der Waals surface area contributed by atoms with Crippen molar-refractivity contribution in [2.45, 2.75) is 13.5 Å². The second-order valence-electron chi connectivity index (χ2n) is 5.89. The van der Waals surface area contributed by atoms with Crippen molar-refractivity contribution >= 4 is 29.0 Å². The number of rotatable bonds is 7. The van der Waals surface area contributed by atoms with Gasteiger partial charge in [0.2, 0.25) is 0 Å². The number of esters is 1. The van der Waals surface area contributed by atoms with Gasteiger partial charge in [0, 0.05) is 12.2 Å². The molecular weight excluding hydrogens is 361 g/mol. The summed E-state index contributed by atoms with van der Waals surface area (Å²) in [5, 5.41) is 6.21. The van der Waals surface area contributed by atoms with Gasteiger partial charge in [-0.1, -0.05) is 12.1 Å². The van der Waals surface area contributed by atoms with E-state index in [0.717, 1.165) is 5.56 Å². The second-order valence-corrected chi connectivity index (χ2v) is 5.89. The highest BCUT2D eigenvalue weighted by Crippen LogP contribution is 2.26. The van der Waals surface area contributed by atoms with E-state index >= 15 is 0 Å². The average molecular weight is 381 g/mol. The lowest BCUT2D eigenvalue weighted by molar-refractivity contribution is 0.0526. The number of nitrogens with zero attached hydrogens (tertiary/aromatic N) is 2. The minimum absolute atomic E-state index is 0.286. The molecule has 3 aromatic rings. The van der Waals surface area contributed by atoms with Crippen molar-refractivity contribution in [3.8, 4) is 0 Å². The summed E-state index contributed by atoms with van der Waals surface area (Å²) in [5.74, 6) is 0.235. The van der Waals surface area contributed by atoms with Crippen molar-refractivity contribution in [2.75, 3.05) is 23.0 Å². The van der Waals surface area contributed by atoms with Crippen LogP contribution in [0.25, 0.3) is 0 Å². The lowest BCUT2D eigenvalue weighted by Gasteiger charge is -2.13. The minimum atomic E-state index is -0.372. The van der Waals surface area contributed by atoms with Crippen LogP contribution >= 0.6 is 0 Å². The molecule has 0 aliphatic heterocycles. The highest BCUT2D eigenvalue weighted by atomic mass is 19.1. The lowest BCUT2D eigenvalue weighted by Crippen LogP contribution is -2.08. The molecule has 1 aromatic heterocycles. The summed E-state index contributed by atoms with van der Waals surface area (Å²) < 4.78 is 17.9. The highest BCUT2D eigenvalue weighted by Gasteiger charge is 2.10. The predicted molar refractivity (Wildman–Crippen MR) is 106 cm³/mol. The average Bonchev–Trinajstić information content (AvgIpc) is 2.70. The van der Waals surface area contributed by atoms with Crippen molar-refractivity contribution < 1.29 is 13.9 Å². The van der Waals surface area contributed by atoms with Gasteiger partial charge in [0.05, 0.1) is 12.2 Å². The Morgan fingerprint density at radius 1 is 1.07 bits per heavy atom. The van der Waals surface area contributed by atoms with Crippen molar-refractivity contribution in [1.82, 2.24) is 9.97 Å². The Labute approximate surface area is 161 Å². The van der Waals surface area contributed by atoms with Gasteiger partial charge in [0.1, 0.15) is 17.8 Å². The van der Waals surface area contributed by atoms with Crippen LogP contribution in [0.15, 0.2) is 54.9 Å². The van der Waals surface area contributed by atoms with Crippen molar-refractivity contribution in [3.63, 3.8) is 0 Å². The molecule has 0 saturated carbocycles. The van der Waals surface area contributed by atoms with Gasteiger partial charge in [0.25, 0.3) is 0 Å². The summed E-state index contributed by atoms with van der Waals surface area (Å²) in [6.45, 7) is 2.52. The molecule has 1 heterocycles. The first-order valence-electron chi connectivity index (χ1n) is 8.70. The van der Waals surface area contributed by atoms with Gasteiger partial charge in [-0.2, -0.15) is 0 Å². The molecule has 0 saturated heterocycles. The Kier molecular flexibility index (Phi) is 6.01. The number of nitrogens with two attached hydrogens (primary N) is 1. The zero-order chi connectivity index (χ0) is 19.9. The molecule has 0 spiro atoms. The van der Waals surface area contributed by atoms with E-state index in [1.165, 1.54) is 18.5 Å². The van der Waals surface area contributed by atoms with Crippen LogP contribution < -0.4 is 16.4 Å². The summed E-state index contributed by atoms with van der Waals surface area (Å²) in [6, 6.07) is 12.9. The number of aromatic nitrogens is 2. The molecule has 4 N–H and O–H groups in total. The molecule has 0 amide bonds. The second kappa shape index (κ2) is 8.81. The molecule has 3 rings (SSSR count). The van der Waals surface area contributed by atoms with Crippen LogP contribution in [0.1, 0.15) is 22.8 Å². The minimum Gasteiger partial charge on any atom is -0.462 e. The zero-order valence-electron chi connectivity index (χ0n) is 15.3. The van der Waals surface area contributed by atoms with Crippen LogP contribution in [-0.2, 0) is 11.3 Å². The van der Waals surface area contributed by atoms with Gasteiger partial charge >= 0.3 is 5.97 Å². The maximum atomic E-state index is 13.0. The Morgan fingerprint density at radius 3 is 2.43 bits per heavy atom. The molecule has 2 aromatic carbocycles. The summed E-state index contributed by atoms with van der Waals surface area (Å²) in [6.07, 6.45) is 1.39. The summed E-state index contributed by atoms with van der Waals surface area (Å²) in [4.78, 5) is 20.0. The summed E-state index contributed by atoms with van der Waals surface area (Å²) in [5.41, 5.74) is 8.57. The molecule has 144 valence electrons. The number of halogens is 1. The van der Waals surface area contributed by atoms with Gasteiger partial charge in [-0.3, -0.25) is 0 Å². The number of hydrogen-bond acceptors (Lipinski definition) is 7. The van der Waals surface area contributed by atoms with E-state index in [9.17, 15) is 9.18 Å². The molecule has 0 unspecified atom stereocenters. The molecule has 0 aliphatic rings. The molecule has 0 bridgehead atoms. The Balaban J connectivity index is 1.68. The molecule has 0 fully saturated rings. The highest BCUT2D eigenvalue weighted by molar-refractivity contribution is 5.90. The van der Waals surface area contributed by atoms with Crippen LogP contribution in [0.4, 0.5) is 27.4 Å². The molecule has 0 radical (unpaired) electrons. The van der Waals surface area contributed by atoms with Crippen molar-refractivity contribution in [1.29, 1.82) is 0 Å². The van der Waals surface area contributed by atoms with E-state index in [1.54, 1.807) is 43.3 Å². The number of benzene rings is 2. The topological polar surface area (TPSA) is 102 Å². The van der Waals surface area contributed by atoms with Crippen LogP contribution in [-0.4, -0.2) is 22.5 Å². The number of nitrogen functional groups attached to an aromatic ring is 1. The van der Waals surface area contributed by atoms with E-state index in [2.05, 4.69) is 20.6 Å². The normalized spacial score (nSPS) is 10.4. The van der Waals surface area contributed by atoms with Gasteiger partial charge < -0.3 is 21.1 Å². The molecule has 0 aliphatic carbocycles. The molecule has 28 heavy (non-hydrogen) atoms. The fourth-order valence-corrected chi connectivity index (χ4v) is 2.46. The maximum Gasteiger partial charge on any atom is 0.338 e. The third kappa shape index (κ3) is 4.73. The molecule has 0 atom stereocenters. The number of anilines is 4. The quantitative estimate of drug-likeness (QED) is 0.536. The van der Waals surface area contributed by atoms with Gasteiger partial charge in [-0.05, 0) is 48.9 Å². The van der Waals surface area contributed by atoms with Crippen molar-refractivity contribution in [3.05, 3.63) is 71.8 Å². The zero-order valence-corrected chi connectivity index (χ0v) is 15.3. The van der Waals surface area contributed by atoms with E-state index in [-0.39, 0.29) is 11.8 Å². The van der Waals surface area contributed by atoms with Gasteiger partial charge in [-0.25, -0.2) is 19.2 Å². The van der Waals surface area contributed by atoms with Gasteiger partial charge in [0.15, 0.2) is 11.6 Å². The summed E-state index contributed by atoms with van der Waals surface area (Å²) >= 11 is 0. The largest absolute Gasteiger partial charge is 0.462 e. The van der Waals surface area contributed by atoms with Gasteiger partial charge in [-0.15, -0.1) is 0 Å². The standard InChI is InChI=1S/C20H20FN5O2/c1-2-28-20(27)14-5-9-16(10-6-14)26-19-17(22)18(24-12-25-19)23-11-13-3-7-15(21)8-4-13/h3-10,12H,2,11,22H2,1H3,(H2,23,24,25,26). The molecular formula is C20H20FN5O2. The molecule has 8 heteroatoms. The van der Waals surface area contributed by atoms with Crippen LogP contribution in [0.5, 0.6) is 0 Å². The number of carbonyl (C=O) groups is 1. The first kappa shape index (κ1) is 19.1. The first-order valence-corrected chi connectivity index (χ1v) is 8.70. The third-order valence-electron chi connectivity index (χ3n) is 3.92. The van der Waals surface area contributed by atoms with E-state index < -0.39 is 0 Å². The van der Waals surface area contributed by atoms with Crippen LogP contribution in [0.2, 0.25) is 0 Å². The maximum absolute atomic E-state index is 13.0. The SMILES string of the molecule is CCOC(=O)c1ccc(Nc2ncnc(NCc3ccc(F)cc3)c2N)cc1. The third-order valence-corrected chi connectivity index (χ3v) is 3.92. The predicted octanol–water partition coefficient (Wildman–Crippen LogP) is 3.73. The molecule has 7 nitrogen and oxygen atoms in total. The van der Waals surface area contributed by atoms with Crippen LogP contribution in [0.3, 0.4) is 0 Å². The Bertz CT molecular complexity index is 946. The first-order chi connectivity index (χ1) is 13.6. The number of carbonyl (C=O) groups excluding carboxylic acids is 1. The smallest absolute Gasteiger partial charge is 0.338 e. The fraction of sp³-hybridized carbons (Fsp3) is 0.150. The monoisotopic (exact) mass is 381 g/mol. The van der Waals surface area contributed by atoms with Crippen LogP contribution in [0, 0.1) is 5.82 Å². The van der Waals surface area contributed by atoms with E-state index in [4.69, 9.17) is 10.5 Å². The number of ether oxygens (including phenoxy) is 1. The fourth-order valence-electron chi connectivity index (χ4n) is 2.46. The van der Waals surface area contributed by atoms with E-state index in [1.807, 2.05) is 0 Å². The Hall–Kier alpha value is -3.68. The number of hydrogen-bond donors (Lipinski definition) is 3. The number of nitrogens with one attached hydrogen (secondary N) is 2. The summed E-state index contributed by atoms with van der Waals surface area (Å²) in [7, 11) is 0. The van der Waals surface area contributed by atoms with E-state index in [0.29, 0.717) is 41.7 Å². The lowest BCUT2D eigenvalue weighted by atomic mass is 10.2. The van der Waals surface area contributed by atoms with Crippen molar-refractivity contribution in [2.24, 2.45) is 0 Å². The Morgan fingerprint density at radius 2 is 1.75 bits per heavy atom.